The topological polar surface area (TPSA) is 84.5 Å². The predicted molar refractivity (Wildman–Crippen MR) is 91.4 cm³/mol. The zero-order chi connectivity index (χ0) is 16.4. The normalized spacial score (nSPS) is 11.2. The number of rotatable bonds is 2. The van der Waals surface area contributed by atoms with Crippen LogP contribution in [0.15, 0.2) is 53.6 Å². The number of fused-ring (bicyclic) bond motifs is 2. The Morgan fingerprint density at radius 1 is 0.957 bits per heavy atom. The van der Waals surface area contributed by atoms with Gasteiger partial charge in [0.2, 0.25) is 0 Å². The maximum absolute atomic E-state index is 11.2. The molecule has 0 atom stereocenters. The number of nitrogens with two attached hydrogens (primary N) is 1. The van der Waals surface area contributed by atoms with Crippen molar-refractivity contribution in [3.05, 3.63) is 59.1 Å². The highest BCUT2D eigenvalue weighted by Gasteiger charge is 2.11. The van der Waals surface area contributed by atoms with Crippen molar-refractivity contribution in [2.24, 2.45) is 10.8 Å². The lowest BCUT2D eigenvalue weighted by molar-refractivity contribution is -0.137. The molecule has 0 aliphatic carbocycles. The van der Waals surface area contributed by atoms with Gasteiger partial charge in [0.05, 0.1) is 11.2 Å². The van der Waals surface area contributed by atoms with E-state index in [9.17, 15) is 9.59 Å². The summed E-state index contributed by atoms with van der Waals surface area (Å²) in [6, 6.07) is 15.3. The van der Waals surface area contributed by atoms with Crippen LogP contribution in [0.1, 0.15) is 5.56 Å². The number of halogens is 1. The molecule has 0 aromatic heterocycles. The summed E-state index contributed by atoms with van der Waals surface area (Å²) in [4.78, 5) is 21.9. The van der Waals surface area contributed by atoms with E-state index in [1.807, 2.05) is 48.5 Å². The highest BCUT2D eigenvalue weighted by molar-refractivity contribution is 6.42. The zero-order valence-corrected chi connectivity index (χ0v) is 12.7. The van der Waals surface area contributed by atoms with E-state index >= 15 is 0 Å². The number of hydrogen-bond acceptors (Lipinski definition) is 3. The summed E-state index contributed by atoms with van der Waals surface area (Å²) in [5.41, 5.74) is 7.77. The Morgan fingerprint density at radius 2 is 1.43 bits per heavy atom. The third-order valence-corrected chi connectivity index (χ3v) is 3.90. The molecule has 0 fully saturated rings. The predicted octanol–water partition coefficient (Wildman–Crippen LogP) is 2.58. The molecule has 0 radical (unpaired) electrons. The van der Waals surface area contributed by atoms with Crippen LogP contribution < -0.4 is 11.2 Å². The quantitative estimate of drug-likeness (QED) is 0.328. The van der Waals surface area contributed by atoms with Gasteiger partial charge in [-0.05, 0) is 10.8 Å². The molecule has 2 amide bonds. The molecule has 3 rings (SSSR count). The van der Waals surface area contributed by atoms with E-state index in [1.165, 1.54) is 6.21 Å². The van der Waals surface area contributed by atoms with E-state index in [2.05, 4.69) is 10.5 Å². The molecule has 5 nitrogen and oxygen atoms in total. The lowest BCUT2D eigenvalue weighted by Crippen LogP contribution is -2.32. The minimum Gasteiger partial charge on any atom is -0.361 e. The molecular weight excluding hydrogens is 314 g/mol. The lowest BCUT2D eigenvalue weighted by Gasteiger charge is -2.10. The standard InChI is InChI=1S/C17H12ClN3O2/c18-15-12-7-3-1-5-10(12)14(9-20-21-17(23)16(19)22)11-6-2-4-8-13(11)15/h1-9H,(H2,19,22)(H,21,23). The first-order valence-corrected chi connectivity index (χ1v) is 7.19. The van der Waals surface area contributed by atoms with Crippen LogP contribution >= 0.6 is 11.6 Å². The summed E-state index contributed by atoms with van der Waals surface area (Å²) in [5, 5.41) is 8.05. The van der Waals surface area contributed by atoms with Crippen molar-refractivity contribution in [2.45, 2.75) is 0 Å². The molecule has 0 spiro atoms. The van der Waals surface area contributed by atoms with Crippen LogP contribution in [0.5, 0.6) is 0 Å². The Bertz CT molecular complexity index is 910. The fourth-order valence-electron chi connectivity index (χ4n) is 2.46. The van der Waals surface area contributed by atoms with Crippen LogP contribution in [0.2, 0.25) is 5.02 Å². The third kappa shape index (κ3) is 2.74. The highest BCUT2D eigenvalue weighted by atomic mass is 35.5. The second-order valence-electron chi connectivity index (χ2n) is 4.88. The summed E-state index contributed by atoms with van der Waals surface area (Å²) in [5.74, 6) is -2.06. The van der Waals surface area contributed by atoms with Crippen LogP contribution in [0, 0.1) is 0 Å². The van der Waals surface area contributed by atoms with Gasteiger partial charge >= 0.3 is 11.8 Å². The smallest absolute Gasteiger partial charge is 0.329 e. The van der Waals surface area contributed by atoms with Crippen molar-refractivity contribution in [2.75, 3.05) is 0 Å². The molecule has 0 aliphatic heterocycles. The number of amides is 2. The van der Waals surface area contributed by atoms with E-state index in [4.69, 9.17) is 17.3 Å². The van der Waals surface area contributed by atoms with E-state index < -0.39 is 11.8 Å². The molecule has 0 saturated carbocycles. The van der Waals surface area contributed by atoms with Gasteiger partial charge in [-0.15, -0.1) is 0 Å². The van der Waals surface area contributed by atoms with Crippen LogP contribution in [-0.4, -0.2) is 18.0 Å². The number of nitrogens with zero attached hydrogens (tertiary/aromatic N) is 1. The van der Waals surface area contributed by atoms with Gasteiger partial charge in [0, 0.05) is 16.3 Å². The Labute approximate surface area is 136 Å². The number of benzene rings is 3. The molecule has 0 heterocycles. The first kappa shape index (κ1) is 15.0. The average molecular weight is 326 g/mol. The minimum absolute atomic E-state index is 0.662. The van der Waals surface area contributed by atoms with Gasteiger partial charge in [-0.3, -0.25) is 9.59 Å². The molecule has 23 heavy (non-hydrogen) atoms. The van der Waals surface area contributed by atoms with E-state index in [-0.39, 0.29) is 0 Å². The largest absolute Gasteiger partial charge is 0.361 e. The van der Waals surface area contributed by atoms with Crippen LogP contribution in [-0.2, 0) is 9.59 Å². The summed E-state index contributed by atoms with van der Waals surface area (Å²) in [6.45, 7) is 0. The average Bonchev–Trinajstić information content (AvgIpc) is 2.57. The fourth-order valence-corrected chi connectivity index (χ4v) is 2.79. The molecule has 3 aromatic carbocycles. The van der Waals surface area contributed by atoms with Gasteiger partial charge in [-0.2, -0.15) is 5.10 Å². The molecule has 0 unspecified atom stereocenters. The van der Waals surface area contributed by atoms with Gasteiger partial charge < -0.3 is 5.73 Å². The van der Waals surface area contributed by atoms with Crippen molar-refractivity contribution in [1.82, 2.24) is 5.43 Å². The summed E-state index contributed by atoms with van der Waals surface area (Å²) < 4.78 is 0. The zero-order valence-electron chi connectivity index (χ0n) is 11.9. The fraction of sp³-hybridized carbons (Fsp3) is 0. The Balaban J connectivity index is 2.20. The minimum atomic E-state index is -1.09. The van der Waals surface area contributed by atoms with Crippen molar-refractivity contribution < 1.29 is 9.59 Å². The monoisotopic (exact) mass is 325 g/mol. The molecule has 3 N–H and O–H groups in total. The Hall–Kier alpha value is -2.92. The van der Waals surface area contributed by atoms with Crippen molar-refractivity contribution >= 4 is 51.2 Å². The Kier molecular flexibility index (Phi) is 3.95. The van der Waals surface area contributed by atoms with E-state index in [0.29, 0.717) is 5.02 Å². The van der Waals surface area contributed by atoms with Gasteiger partial charge in [-0.25, -0.2) is 5.43 Å². The lowest BCUT2D eigenvalue weighted by atomic mass is 9.97. The molecule has 0 saturated heterocycles. The second-order valence-corrected chi connectivity index (χ2v) is 5.26. The summed E-state index contributed by atoms with van der Waals surface area (Å²) in [7, 11) is 0. The molecular formula is C17H12ClN3O2. The molecule has 3 aromatic rings. The van der Waals surface area contributed by atoms with Crippen molar-refractivity contribution in [3.8, 4) is 0 Å². The van der Waals surface area contributed by atoms with Crippen molar-refractivity contribution in [3.63, 3.8) is 0 Å². The molecule has 0 aliphatic rings. The summed E-state index contributed by atoms with van der Waals surface area (Å²) in [6.07, 6.45) is 1.49. The maximum Gasteiger partial charge on any atom is 0.329 e. The number of carbonyl (C=O) groups excluding carboxylic acids is 2. The molecule has 0 bridgehead atoms. The molecule has 6 heteroatoms. The van der Waals surface area contributed by atoms with Crippen LogP contribution in [0.4, 0.5) is 0 Å². The van der Waals surface area contributed by atoms with Crippen LogP contribution in [0.3, 0.4) is 0 Å². The number of nitrogens with one attached hydrogen (secondary N) is 1. The number of primary amides is 1. The van der Waals surface area contributed by atoms with E-state index in [1.54, 1.807) is 0 Å². The Morgan fingerprint density at radius 3 is 1.91 bits per heavy atom. The third-order valence-electron chi connectivity index (χ3n) is 3.49. The van der Waals surface area contributed by atoms with Crippen molar-refractivity contribution in [1.29, 1.82) is 0 Å². The SMILES string of the molecule is NC(=O)C(=O)NN=Cc1c2ccccc2c(Cl)c2ccccc12. The summed E-state index contributed by atoms with van der Waals surface area (Å²) >= 11 is 6.50. The van der Waals surface area contributed by atoms with Crippen LogP contribution in [0.25, 0.3) is 21.5 Å². The number of hydrazone groups is 1. The number of carbonyl (C=O) groups is 2. The first-order valence-electron chi connectivity index (χ1n) is 6.81. The van der Waals surface area contributed by atoms with Gasteiger partial charge in [0.1, 0.15) is 0 Å². The number of hydrogen-bond donors (Lipinski definition) is 2. The van der Waals surface area contributed by atoms with Gasteiger partial charge in [0.25, 0.3) is 0 Å². The second kappa shape index (κ2) is 6.06. The maximum atomic E-state index is 11.2. The molecule has 114 valence electrons. The van der Waals surface area contributed by atoms with Gasteiger partial charge in [-0.1, -0.05) is 60.1 Å². The van der Waals surface area contributed by atoms with Gasteiger partial charge in [0.15, 0.2) is 0 Å². The van der Waals surface area contributed by atoms with E-state index in [0.717, 1.165) is 27.1 Å². The highest BCUT2D eigenvalue weighted by Crippen LogP contribution is 2.35. The first-order chi connectivity index (χ1) is 11.1.